The van der Waals surface area contributed by atoms with Crippen molar-refractivity contribution < 1.29 is 32.2 Å². The highest BCUT2D eigenvalue weighted by Crippen LogP contribution is 2.39. The zero-order chi connectivity index (χ0) is 29.3. The van der Waals surface area contributed by atoms with Crippen molar-refractivity contribution >= 4 is 29.3 Å². The average Bonchev–Trinajstić information content (AvgIpc) is 3.45. The van der Waals surface area contributed by atoms with Gasteiger partial charge in [-0.15, -0.1) is 0 Å². The van der Waals surface area contributed by atoms with Crippen molar-refractivity contribution in [3.63, 3.8) is 0 Å². The lowest BCUT2D eigenvalue weighted by Gasteiger charge is -2.32. The Morgan fingerprint density at radius 3 is 2.40 bits per heavy atom. The zero-order valence-electron chi connectivity index (χ0n) is 22.7. The van der Waals surface area contributed by atoms with E-state index in [2.05, 4.69) is 19.5 Å². The van der Waals surface area contributed by atoms with Crippen LogP contribution in [0, 0.1) is 0 Å². The maximum absolute atomic E-state index is 13.4. The molecule has 42 heavy (non-hydrogen) atoms. The number of anilines is 3. The third-order valence-electron chi connectivity index (χ3n) is 7.70. The normalized spacial score (nSPS) is 17.7. The summed E-state index contributed by atoms with van der Waals surface area (Å²) in [4.78, 5) is 44.5. The van der Waals surface area contributed by atoms with Crippen LogP contribution in [0.2, 0.25) is 0 Å². The molecule has 3 aliphatic rings. The maximum Gasteiger partial charge on any atom is 0.490 e. The number of carbonyl (C=O) groups excluding carboxylic acids is 2. The number of amides is 1. The van der Waals surface area contributed by atoms with E-state index in [-0.39, 0.29) is 31.8 Å². The third kappa shape index (κ3) is 5.73. The molecule has 1 aromatic carbocycles. The summed E-state index contributed by atoms with van der Waals surface area (Å²) in [6, 6.07) is 11.1. The number of fused-ring (bicyclic) bond motifs is 1. The minimum absolute atomic E-state index is 0.139. The molecule has 2 aromatic heterocycles. The lowest BCUT2D eigenvalue weighted by atomic mass is 10.0. The smallest absolute Gasteiger partial charge is 0.456 e. The number of morpholine rings is 1. The number of halogens is 3. The number of hydrogen-bond donors (Lipinski definition) is 0. The maximum atomic E-state index is 13.4. The molecule has 0 unspecified atom stereocenters. The molecule has 0 bridgehead atoms. The first kappa shape index (κ1) is 27.9. The number of esters is 1. The van der Waals surface area contributed by atoms with Gasteiger partial charge in [0.25, 0.3) is 5.91 Å². The Labute approximate surface area is 240 Å². The van der Waals surface area contributed by atoms with E-state index < -0.39 is 18.2 Å². The van der Waals surface area contributed by atoms with Crippen LogP contribution in [0.4, 0.5) is 30.6 Å². The van der Waals surface area contributed by atoms with Gasteiger partial charge in [-0.1, -0.05) is 12.1 Å². The number of benzene rings is 1. The van der Waals surface area contributed by atoms with E-state index in [9.17, 15) is 22.8 Å². The van der Waals surface area contributed by atoms with E-state index >= 15 is 0 Å². The molecule has 0 spiro atoms. The minimum atomic E-state index is -5.04. The Kier molecular flexibility index (Phi) is 7.67. The molecule has 0 atom stereocenters. The molecule has 2 saturated heterocycles. The van der Waals surface area contributed by atoms with Crippen molar-refractivity contribution in [2.75, 3.05) is 55.7 Å². The van der Waals surface area contributed by atoms with E-state index in [0.29, 0.717) is 37.8 Å². The summed E-state index contributed by atoms with van der Waals surface area (Å²) >= 11 is 0. The number of piperidine rings is 1. The molecule has 1 amide bonds. The number of aromatic nitrogens is 3. The van der Waals surface area contributed by atoms with Gasteiger partial charge in [0.1, 0.15) is 11.9 Å². The first-order valence-corrected chi connectivity index (χ1v) is 13.9. The quantitative estimate of drug-likeness (QED) is 0.416. The lowest BCUT2D eigenvalue weighted by Crippen LogP contribution is -2.42. The summed E-state index contributed by atoms with van der Waals surface area (Å²) in [7, 11) is 0. The summed E-state index contributed by atoms with van der Waals surface area (Å²) in [5.74, 6) is -1.02. The molecule has 0 radical (unpaired) electrons. The van der Waals surface area contributed by atoms with Gasteiger partial charge in [-0.25, -0.2) is 9.78 Å². The topological polar surface area (TPSA) is 101 Å². The van der Waals surface area contributed by atoms with Crippen molar-refractivity contribution in [2.45, 2.75) is 31.5 Å². The Morgan fingerprint density at radius 1 is 0.952 bits per heavy atom. The van der Waals surface area contributed by atoms with Crippen molar-refractivity contribution in [3.8, 4) is 11.3 Å². The second-order valence-corrected chi connectivity index (χ2v) is 10.4. The monoisotopic (exact) mass is 582 g/mol. The van der Waals surface area contributed by atoms with Crippen molar-refractivity contribution in [3.05, 3.63) is 59.9 Å². The number of nitrogens with zero attached hydrogens (tertiary/aromatic N) is 6. The first-order chi connectivity index (χ1) is 20.3. The van der Waals surface area contributed by atoms with E-state index in [1.165, 1.54) is 0 Å². The highest BCUT2D eigenvalue weighted by Gasteiger charge is 2.42. The Balaban J connectivity index is 1.26. The van der Waals surface area contributed by atoms with Gasteiger partial charge >= 0.3 is 12.1 Å². The summed E-state index contributed by atoms with van der Waals surface area (Å²) in [5, 5.41) is 0. The molecule has 0 N–H and O–H groups in total. The zero-order valence-corrected chi connectivity index (χ0v) is 22.7. The number of hydrogen-bond acceptors (Lipinski definition) is 9. The summed E-state index contributed by atoms with van der Waals surface area (Å²) in [6.45, 7) is 3.59. The van der Waals surface area contributed by atoms with Crippen LogP contribution in [0.3, 0.4) is 0 Å². The van der Waals surface area contributed by atoms with Gasteiger partial charge in [0.15, 0.2) is 0 Å². The van der Waals surface area contributed by atoms with Crippen molar-refractivity contribution in [1.82, 2.24) is 19.9 Å². The van der Waals surface area contributed by atoms with Gasteiger partial charge in [0.05, 0.1) is 18.9 Å². The van der Waals surface area contributed by atoms with E-state index in [1.807, 2.05) is 18.2 Å². The average molecular weight is 583 g/mol. The number of ether oxygens (including phenoxy) is 2. The summed E-state index contributed by atoms with van der Waals surface area (Å²) in [5.41, 5.74) is 3.95. The fraction of sp³-hybridized carbons (Fsp3) is 0.414. The number of pyridine rings is 1. The van der Waals surface area contributed by atoms with Gasteiger partial charge in [-0.2, -0.15) is 18.2 Å². The van der Waals surface area contributed by atoms with Crippen LogP contribution >= 0.6 is 0 Å². The first-order valence-electron chi connectivity index (χ1n) is 13.9. The van der Waals surface area contributed by atoms with Gasteiger partial charge < -0.3 is 24.2 Å². The molecular weight excluding hydrogens is 553 g/mol. The molecule has 0 saturated carbocycles. The molecule has 2 fully saturated rings. The number of rotatable bonds is 5. The Bertz CT molecular complexity index is 1460. The molecule has 10 nitrogen and oxygen atoms in total. The fourth-order valence-corrected chi connectivity index (χ4v) is 5.54. The Morgan fingerprint density at radius 2 is 1.69 bits per heavy atom. The largest absolute Gasteiger partial charge is 0.490 e. The Hall–Kier alpha value is -4.26. The molecule has 220 valence electrons. The van der Waals surface area contributed by atoms with Crippen molar-refractivity contribution in [1.29, 1.82) is 0 Å². The van der Waals surface area contributed by atoms with Crippen LogP contribution in [-0.4, -0.2) is 89.9 Å². The van der Waals surface area contributed by atoms with Gasteiger partial charge in [0.2, 0.25) is 5.95 Å². The standard InChI is InChI=1S/C29H29F3N6O4/c30-29(31,32)27(40)42-22-6-11-36(12-7-22)26(39)20-3-1-2-19(18-20)24-23-8-13-38(21-4-9-33-10-5-21)25(23)35-28(34-24)37-14-16-41-17-15-37/h1-5,9-10,18,22H,6-8,11-17H2. The number of likely N-dealkylation sites (tertiary alicyclic amines) is 1. The van der Waals surface area contributed by atoms with E-state index in [0.717, 1.165) is 41.3 Å². The number of carbonyl (C=O) groups is 2. The number of alkyl halides is 3. The second-order valence-electron chi connectivity index (χ2n) is 10.4. The summed E-state index contributed by atoms with van der Waals surface area (Å²) < 4.78 is 47.8. The van der Waals surface area contributed by atoms with E-state index in [4.69, 9.17) is 14.7 Å². The summed E-state index contributed by atoms with van der Waals surface area (Å²) in [6.07, 6.45) is -1.42. The van der Waals surface area contributed by atoms with Crippen LogP contribution in [0.25, 0.3) is 11.3 Å². The highest BCUT2D eigenvalue weighted by molar-refractivity contribution is 5.95. The highest BCUT2D eigenvalue weighted by atomic mass is 19.4. The molecular formula is C29H29F3N6O4. The molecule has 6 rings (SSSR count). The second kappa shape index (κ2) is 11.6. The molecule has 13 heteroatoms. The molecule has 0 aliphatic carbocycles. The predicted molar refractivity (Wildman–Crippen MR) is 147 cm³/mol. The van der Waals surface area contributed by atoms with Crippen LogP contribution < -0.4 is 9.80 Å². The van der Waals surface area contributed by atoms with Crippen LogP contribution in [0.5, 0.6) is 0 Å². The van der Waals surface area contributed by atoms with Crippen molar-refractivity contribution in [2.24, 2.45) is 0 Å². The molecule has 3 aliphatic heterocycles. The minimum Gasteiger partial charge on any atom is -0.456 e. The van der Waals surface area contributed by atoms with Crippen LogP contribution in [0.15, 0.2) is 48.8 Å². The predicted octanol–water partition coefficient (Wildman–Crippen LogP) is 3.78. The molecule has 3 aromatic rings. The SMILES string of the molecule is O=C(c1cccc(-c2nc(N3CCOCC3)nc3c2CCN3c2ccncc2)c1)N1CCC(OC(=O)C(F)(F)F)CC1. The van der Waals surface area contributed by atoms with Gasteiger partial charge in [0, 0.05) is 80.3 Å². The van der Waals surface area contributed by atoms with Crippen LogP contribution in [0.1, 0.15) is 28.8 Å². The van der Waals surface area contributed by atoms with Gasteiger partial charge in [-0.3, -0.25) is 9.78 Å². The van der Waals surface area contributed by atoms with Crippen LogP contribution in [-0.2, 0) is 20.7 Å². The van der Waals surface area contributed by atoms with Gasteiger partial charge in [-0.05, 0) is 30.7 Å². The lowest BCUT2D eigenvalue weighted by molar-refractivity contribution is -0.206. The fourth-order valence-electron chi connectivity index (χ4n) is 5.54. The third-order valence-corrected chi connectivity index (χ3v) is 7.70. The molecule has 5 heterocycles. The van der Waals surface area contributed by atoms with E-state index in [1.54, 1.807) is 35.5 Å².